The number of hydrogen-bond donors (Lipinski definition) is 2. The zero-order valence-corrected chi connectivity index (χ0v) is 14.4. The molecule has 1 aromatic carbocycles. The predicted octanol–water partition coefficient (Wildman–Crippen LogP) is 0.0833. The number of ether oxygens (including phenoxy) is 1. The number of likely N-dealkylation sites (N-methyl/N-ethyl adjacent to an activating group) is 1. The van der Waals surface area contributed by atoms with E-state index < -0.39 is 15.9 Å². The minimum Gasteiger partial charge on any atom is -0.496 e. The number of likely N-dealkylation sites (tertiary alicyclic amines) is 1. The molecule has 1 heterocycles. The molecule has 0 aromatic heterocycles. The first-order valence-corrected chi connectivity index (χ1v) is 9.11. The Labute approximate surface area is 141 Å². The van der Waals surface area contributed by atoms with Crippen LogP contribution in [-0.2, 0) is 14.8 Å². The van der Waals surface area contributed by atoms with Crippen LogP contribution < -0.4 is 15.2 Å². The number of carbonyl (C=O) groups is 2. The van der Waals surface area contributed by atoms with Gasteiger partial charge in [-0.1, -0.05) is 0 Å². The van der Waals surface area contributed by atoms with E-state index in [9.17, 15) is 18.0 Å². The second-order valence-electron chi connectivity index (χ2n) is 5.49. The zero-order chi connectivity index (χ0) is 17.9. The van der Waals surface area contributed by atoms with Crippen molar-refractivity contribution in [2.24, 2.45) is 5.14 Å². The van der Waals surface area contributed by atoms with Gasteiger partial charge in [0.25, 0.3) is 5.91 Å². The number of primary sulfonamides is 1. The van der Waals surface area contributed by atoms with Gasteiger partial charge in [-0.25, -0.2) is 13.6 Å². The Morgan fingerprint density at radius 2 is 2.17 bits per heavy atom. The lowest BCUT2D eigenvalue weighted by molar-refractivity contribution is -0.128. The molecule has 9 heteroatoms. The fourth-order valence-corrected chi connectivity index (χ4v) is 3.33. The molecule has 1 aliphatic heterocycles. The van der Waals surface area contributed by atoms with Crippen LogP contribution in [0.5, 0.6) is 5.75 Å². The van der Waals surface area contributed by atoms with Crippen molar-refractivity contribution in [1.82, 2.24) is 10.2 Å². The number of amides is 2. The zero-order valence-electron chi connectivity index (χ0n) is 13.6. The molecule has 1 atom stereocenters. The summed E-state index contributed by atoms with van der Waals surface area (Å²) in [6, 6.07) is 3.78. The van der Waals surface area contributed by atoms with Gasteiger partial charge in [0.15, 0.2) is 0 Å². The maximum absolute atomic E-state index is 12.4. The molecular formula is C15H21N3O5S. The lowest BCUT2D eigenvalue weighted by Crippen LogP contribution is -2.41. The van der Waals surface area contributed by atoms with Crippen molar-refractivity contribution < 1.29 is 22.7 Å². The van der Waals surface area contributed by atoms with E-state index in [1.54, 1.807) is 4.90 Å². The predicted molar refractivity (Wildman–Crippen MR) is 87.1 cm³/mol. The first-order chi connectivity index (χ1) is 11.3. The standard InChI is InChI=1S/C15H21N3O5S/c1-3-18-10(4-7-14(18)19)9-17-15(20)12-8-11(24(16,21)22)5-6-13(12)23-2/h5-6,8,10H,3-4,7,9H2,1-2H3,(H,17,20)(H2,16,21,22)/t10-/m1/s1. The highest BCUT2D eigenvalue weighted by Gasteiger charge is 2.30. The van der Waals surface area contributed by atoms with Gasteiger partial charge in [0, 0.05) is 25.6 Å². The van der Waals surface area contributed by atoms with E-state index in [0.29, 0.717) is 25.9 Å². The van der Waals surface area contributed by atoms with Gasteiger partial charge in [-0.2, -0.15) is 0 Å². The highest BCUT2D eigenvalue weighted by atomic mass is 32.2. The number of benzene rings is 1. The summed E-state index contributed by atoms with van der Waals surface area (Å²) in [6.07, 6.45) is 1.15. The van der Waals surface area contributed by atoms with E-state index >= 15 is 0 Å². The summed E-state index contributed by atoms with van der Waals surface area (Å²) in [6.45, 7) is 2.77. The van der Waals surface area contributed by atoms with Crippen molar-refractivity contribution in [2.45, 2.75) is 30.7 Å². The summed E-state index contributed by atoms with van der Waals surface area (Å²) in [7, 11) is -2.54. The monoisotopic (exact) mass is 355 g/mol. The third-order valence-corrected chi connectivity index (χ3v) is 4.95. The fraction of sp³-hybridized carbons (Fsp3) is 0.467. The van der Waals surface area contributed by atoms with Crippen molar-refractivity contribution in [1.29, 1.82) is 0 Å². The normalized spacial score (nSPS) is 17.9. The number of nitrogens with one attached hydrogen (secondary N) is 1. The SMILES string of the molecule is CCN1C(=O)CC[C@@H]1CNC(=O)c1cc(S(N)(=O)=O)ccc1OC. The number of sulfonamides is 1. The van der Waals surface area contributed by atoms with Crippen molar-refractivity contribution >= 4 is 21.8 Å². The van der Waals surface area contributed by atoms with Gasteiger partial charge in [-0.15, -0.1) is 0 Å². The Hall–Kier alpha value is -2.13. The molecule has 0 bridgehead atoms. The van der Waals surface area contributed by atoms with Crippen LogP contribution in [0.25, 0.3) is 0 Å². The molecule has 1 fully saturated rings. The minimum atomic E-state index is -3.92. The smallest absolute Gasteiger partial charge is 0.255 e. The summed E-state index contributed by atoms with van der Waals surface area (Å²) in [5, 5.41) is 7.83. The summed E-state index contributed by atoms with van der Waals surface area (Å²) in [4.78, 5) is 25.7. The summed E-state index contributed by atoms with van der Waals surface area (Å²) >= 11 is 0. The molecule has 132 valence electrons. The molecule has 1 saturated heterocycles. The van der Waals surface area contributed by atoms with E-state index in [4.69, 9.17) is 9.88 Å². The quantitative estimate of drug-likeness (QED) is 0.749. The van der Waals surface area contributed by atoms with Gasteiger partial charge in [0.1, 0.15) is 5.75 Å². The molecule has 2 rings (SSSR count). The Balaban J connectivity index is 2.16. The third kappa shape index (κ3) is 3.85. The lowest BCUT2D eigenvalue weighted by Gasteiger charge is -2.23. The molecule has 0 aliphatic carbocycles. The van der Waals surface area contributed by atoms with Crippen LogP contribution >= 0.6 is 0 Å². The number of nitrogens with two attached hydrogens (primary N) is 1. The molecule has 1 aliphatic rings. The van der Waals surface area contributed by atoms with E-state index in [1.807, 2.05) is 6.92 Å². The van der Waals surface area contributed by atoms with Crippen LogP contribution in [0.2, 0.25) is 0 Å². The second kappa shape index (κ2) is 7.18. The molecule has 0 spiro atoms. The molecule has 3 N–H and O–H groups in total. The topological polar surface area (TPSA) is 119 Å². The Bertz CT molecular complexity index is 747. The van der Waals surface area contributed by atoms with E-state index in [1.165, 1.54) is 25.3 Å². The Morgan fingerprint density at radius 3 is 2.75 bits per heavy atom. The number of methoxy groups -OCH3 is 1. The van der Waals surface area contributed by atoms with Gasteiger partial charge < -0.3 is 15.0 Å². The Morgan fingerprint density at radius 1 is 1.46 bits per heavy atom. The van der Waals surface area contributed by atoms with Crippen molar-refractivity contribution in [3.8, 4) is 5.75 Å². The average molecular weight is 355 g/mol. The van der Waals surface area contributed by atoms with E-state index in [0.717, 1.165) is 0 Å². The highest BCUT2D eigenvalue weighted by molar-refractivity contribution is 7.89. The molecule has 24 heavy (non-hydrogen) atoms. The first-order valence-electron chi connectivity index (χ1n) is 7.56. The molecule has 0 radical (unpaired) electrons. The van der Waals surface area contributed by atoms with Gasteiger partial charge in [-0.3, -0.25) is 9.59 Å². The van der Waals surface area contributed by atoms with Gasteiger partial charge in [0.2, 0.25) is 15.9 Å². The molecule has 0 saturated carbocycles. The first kappa shape index (κ1) is 18.2. The molecule has 8 nitrogen and oxygen atoms in total. The van der Waals surface area contributed by atoms with Crippen LogP contribution in [0.15, 0.2) is 23.1 Å². The number of hydrogen-bond acceptors (Lipinski definition) is 5. The largest absolute Gasteiger partial charge is 0.496 e. The van der Waals surface area contributed by atoms with Gasteiger partial charge >= 0.3 is 0 Å². The maximum atomic E-state index is 12.4. The molecule has 2 amide bonds. The van der Waals surface area contributed by atoms with Crippen LogP contribution in [0.1, 0.15) is 30.1 Å². The van der Waals surface area contributed by atoms with Gasteiger partial charge in [0.05, 0.1) is 17.6 Å². The highest BCUT2D eigenvalue weighted by Crippen LogP contribution is 2.22. The number of carbonyl (C=O) groups excluding carboxylic acids is 2. The number of nitrogens with zero attached hydrogens (tertiary/aromatic N) is 1. The summed E-state index contributed by atoms with van der Waals surface area (Å²) in [5.74, 6) is -0.159. The Kier molecular flexibility index (Phi) is 5.45. The molecule has 1 aromatic rings. The average Bonchev–Trinajstić information content (AvgIpc) is 2.90. The van der Waals surface area contributed by atoms with Crippen LogP contribution in [0.4, 0.5) is 0 Å². The fourth-order valence-electron chi connectivity index (χ4n) is 2.79. The van der Waals surface area contributed by atoms with Gasteiger partial charge in [-0.05, 0) is 31.5 Å². The maximum Gasteiger partial charge on any atom is 0.255 e. The van der Waals surface area contributed by atoms with E-state index in [2.05, 4.69) is 5.32 Å². The second-order valence-corrected chi connectivity index (χ2v) is 7.05. The summed E-state index contributed by atoms with van der Waals surface area (Å²) in [5.41, 5.74) is 0.0800. The van der Waals surface area contributed by atoms with Crippen LogP contribution in [0.3, 0.4) is 0 Å². The lowest BCUT2D eigenvalue weighted by atomic mass is 10.1. The van der Waals surface area contributed by atoms with Crippen LogP contribution in [-0.4, -0.2) is 51.4 Å². The minimum absolute atomic E-state index is 0.0566. The van der Waals surface area contributed by atoms with Crippen molar-refractivity contribution in [2.75, 3.05) is 20.2 Å². The number of rotatable bonds is 6. The summed E-state index contributed by atoms with van der Waals surface area (Å²) < 4.78 is 28.0. The molecular weight excluding hydrogens is 334 g/mol. The molecule has 0 unspecified atom stereocenters. The van der Waals surface area contributed by atoms with Crippen molar-refractivity contribution in [3.05, 3.63) is 23.8 Å². The van der Waals surface area contributed by atoms with Crippen LogP contribution in [0, 0.1) is 0 Å². The van der Waals surface area contributed by atoms with E-state index in [-0.39, 0.29) is 28.2 Å². The van der Waals surface area contributed by atoms with Crippen molar-refractivity contribution in [3.63, 3.8) is 0 Å². The third-order valence-electron chi connectivity index (χ3n) is 4.04.